The largest absolute Gasteiger partial charge is 0.496 e. The van der Waals surface area contributed by atoms with Gasteiger partial charge < -0.3 is 9.15 Å². The van der Waals surface area contributed by atoms with E-state index >= 15 is 0 Å². The third-order valence-electron chi connectivity index (χ3n) is 2.43. The molecule has 2 aromatic rings. The van der Waals surface area contributed by atoms with Gasteiger partial charge >= 0.3 is 0 Å². The second-order valence-corrected chi connectivity index (χ2v) is 3.92. The van der Waals surface area contributed by atoms with Crippen molar-refractivity contribution < 1.29 is 13.9 Å². The van der Waals surface area contributed by atoms with Crippen molar-refractivity contribution in [3.63, 3.8) is 0 Å². The maximum atomic E-state index is 11.3. The second-order valence-electron chi connectivity index (χ2n) is 3.65. The number of rotatable bonds is 4. The number of aryl methyl sites for hydroxylation is 1. The van der Waals surface area contributed by atoms with Crippen LogP contribution in [-0.2, 0) is 0 Å². The van der Waals surface area contributed by atoms with Gasteiger partial charge in [0.15, 0.2) is 0 Å². The molecule has 6 heteroatoms. The van der Waals surface area contributed by atoms with Gasteiger partial charge in [0.05, 0.1) is 13.0 Å². The van der Waals surface area contributed by atoms with Crippen LogP contribution in [0, 0.1) is 6.92 Å². The predicted octanol–water partition coefficient (Wildman–Crippen LogP) is 2.48. The number of carbonyl (C=O) groups excluding carboxylic acids is 1. The summed E-state index contributed by atoms with van der Waals surface area (Å²) in [6, 6.07) is 5.44. The Labute approximate surface area is 109 Å². The number of carbonyl (C=O) groups is 1. The zero-order valence-corrected chi connectivity index (χ0v) is 10.7. The Morgan fingerprint density at radius 2 is 2.22 bits per heavy atom. The number of alkyl halides is 1. The molecular weight excluding hydrogens is 256 g/mol. The van der Waals surface area contributed by atoms with Crippen molar-refractivity contribution in [2.24, 2.45) is 0 Å². The van der Waals surface area contributed by atoms with E-state index in [9.17, 15) is 4.79 Å². The number of methoxy groups -OCH3 is 1. The van der Waals surface area contributed by atoms with Crippen LogP contribution in [0.2, 0.25) is 0 Å². The summed E-state index contributed by atoms with van der Waals surface area (Å²) in [5.41, 5.74) is 1.67. The minimum atomic E-state index is -0.388. The topological polar surface area (TPSA) is 65.2 Å². The van der Waals surface area contributed by atoms with E-state index in [0.29, 0.717) is 0 Å². The van der Waals surface area contributed by atoms with Crippen molar-refractivity contribution >= 4 is 17.4 Å². The van der Waals surface area contributed by atoms with E-state index in [-0.39, 0.29) is 23.4 Å². The highest BCUT2D eigenvalue weighted by Crippen LogP contribution is 2.25. The number of Topliss-reactive ketones (excluding diaryl/α,β-unsaturated/α-hetero) is 1. The molecule has 0 atom stereocenters. The third-order valence-corrected chi connectivity index (χ3v) is 2.67. The number of halogens is 1. The van der Waals surface area contributed by atoms with Crippen LogP contribution in [0.3, 0.4) is 0 Å². The molecule has 0 aliphatic carbocycles. The molecule has 0 unspecified atom stereocenters. The maximum Gasteiger partial charge on any atom is 0.285 e. The van der Waals surface area contributed by atoms with Gasteiger partial charge in [0.1, 0.15) is 5.75 Å². The highest BCUT2D eigenvalue weighted by atomic mass is 35.5. The smallest absolute Gasteiger partial charge is 0.285 e. The van der Waals surface area contributed by atoms with Crippen molar-refractivity contribution in [2.45, 2.75) is 6.92 Å². The Kier molecular flexibility index (Phi) is 3.62. The van der Waals surface area contributed by atoms with Crippen LogP contribution in [0.15, 0.2) is 22.6 Å². The molecule has 0 N–H and O–H groups in total. The number of nitrogens with zero attached hydrogens (tertiary/aromatic N) is 2. The average Bonchev–Trinajstić information content (AvgIpc) is 2.87. The second kappa shape index (κ2) is 5.18. The Balaban J connectivity index is 2.34. The zero-order chi connectivity index (χ0) is 13.1. The zero-order valence-electron chi connectivity index (χ0n) is 9.94. The number of ketones is 1. The molecule has 0 aliphatic rings. The number of ether oxygens (including phenoxy) is 1. The van der Waals surface area contributed by atoms with Gasteiger partial charge in [0.25, 0.3) is 5.89 Å². The summed E-state index contributed by atoms with van der Waals surface area (Å²) in [5, 5.41) is 7.47. The molecule has 2 rings (SSSR count). The molecule has 0 amide bonds. The van der Waals surface area contributed by atoms with E-state index in [0.717, 1.165) is 16.9 Å². The number of hydrogen-bond donors (Lipinski definition) is 0. The Morgan fingerprint density at radius 3 is 2.83 bits per heavy atom. The maximum absolute atomic E-state index is 11.3. The summed E-state index contributed by atoms with van der Waals surface area (Å²) >= 11 is 5.41. The molecular formula is C12H11ClN2O3. The van der Waals surface area contributed by atoms with Crippen molar-refractivity contribution in [1.82, 2.24) is 10.2 Å². The quantitative estimate of drug-likeness (QED) is 0.628. The van der Waals surface area contributed by atoms with Crippen molar-refractivity contribution in [2.75, 3.05) is 13.0 Å². The lowest BCUT2D eigenvalue weighted by Gasteiger charge is -2.04. The predicted molar refractivity (Wildman–Crippen MR) is 66.1 cm³/mol. The molecule has 1 aromatic carbocycles. The number of hydrogen-bond acceptors (Lipinski definition) is 5. The van der Waals surface area contributed by atoms with E-state index in [1.165, 1.54) is 0 Å². The van der Waals surface area contributed by atoms with Crippen LogP contribution in [0.25, 0.3) is 11.5 Å². The van der Waals surface area contributed by atoms with E-state index in [2.05, 4.69) is 10.2 Å². The van der Waals surface area contributed by atoms with Gasteiger partial charge in [-0.1, -0.05) is 0 Å². The van der Waals surface area contributed by atoms with Gasteiger partial charge in [-0.3, -0.25) is 4.79 Å². The molecule has 1 aromatic heterocycles. The Hall–Kier alpha value is -1.88. The molecule has 0 aliphatic heterocycles. The fourth-order valence-corrected chi connectivity index (χ4v) is 1.64. The van der Waals surface area contributed by atoms with Gasteiger partial charge in [-0.2, -0.15) is 0 Å². The van der Waals surface area contributed by atoms with E-state index in [4.69, 9.17) is 20.8 Å². The van der Waals surface area contributed by atoms with Gasteiger partial charge in [-0.05, 0) is 30.7 Å². The van der Waals surface area contributed by atoms with Crippen LogP contribution in [0.4, 0.5) is 0 Å². The summed E-state index contributed by atoms with van der Waals surface area (Å²) in [6.45, 7) is 1.91. The van der Waals surface area contributed by atoms with Gasteiger partial charge in [-0.15, -0.1) is 21.8 Å². The molecule has 0 spiro atoms. The first-order valence-corrected chi connectivity index (χ1v) is 5.77. The van der Waals surface area contributed by atoms with Gasteiger partial charge in [0, 0.05) is 5.56 Å². The van der Waals surface area contributed by atoms with Crippen molar-refractivity contribution in [3.05, 3.63) is 29.7 Å². The Morgan fingerprint density at radius 1 is 1.44 bits per heavy atom. The minimum absolute atomic E-state index is 0.0755. The van der Waals surface area contributed by atoms with Crippen LogP contribution >= 0.6 is 11.6 Å². The standard InChI is InChI=1S/C12H11ClN2O3/c1-7-5-8(3-4-10(7)17-2)11-14-15-12(18-11)9(16)6-13/h3-5H,6H2,1-2H3. The van der Waals surface area contributed by atoms with E-state index < -0.39 is 0 Å². The summed E-state index contributed by atoms with van der Waals surface area (Å²) < 4.78 is 10.4. The summed E-state index contributed by atoms with van der Waals surface area (Å²) in [5.74, 6) is 0.419. The van der Waals surface area contributed by atoms with Crippen LogP contribution in [-0.4, -0.2) is 29.0 Å². The number of benzene rings is 1. The SMILES string of the molecule is COc1ccc(-c2nnc(C(=O)CCl)o2)cc1C. The summed E-state index contributed by atoms with van der Waals surface area (Å²) in [6.07, 6.45) is 0. The highest BCUT2D eigenvalue weighted by Gasteiger charge is 2.15. The third kappa shape index (κ3) is 2.36. The fourth-order valence-electron chi connectivity index (χ4n) is 1.52. The molecule has 0 saturated heterocycles. The summed E-state index contributed by atoms with van der Waals surface area (Å²) in [7, 11) is 1.60. The Bertz CT molecular complexity index is 580. The van der Waals surface area contributed by atoms with E-state index in [1.807, 2.05) is 13.0 Å². The van der Waals surface area contributed by atoms with E-state index in [1.54, 1.807) is 19.2 Å². The molecule has 0 bridgehead atoms. The van der Waals surface area contributed by atoms with Crippen molar-refractivity contribution in [3.8, 4) is 17.2 Å². The van der Waals surface area contributed by atoms with Gasteiger partial charge in [0.2, 0.25) is 11.7 Å². The first-order valence-electron chi connectivity index (χ1n) is 5.23. The first kappa shape index (κ1) is 12.6. The molecule has 0 radical (unpaired) electrons. The highest BCUT2D eigenvalue weighted by molar-refractivity contribution is 6.29. The fraction of sp³-hybridized carbons (Fsp3) is 0.250. The minimum Gasteiger partial charge on any atom is -0.496 e. The van der Waals surface area contributed by atoms with Crippen LogP contribution in [0.1, 0.15) is 16.2 Å². The molecule has 18 heavy (non-hydrogen) atoms. The molecule has 0 fully saturated rings. The molecule has 0 saturated carbocycles. The van der Waals surface area contributed by atoms with Crippen LogP contribution < -0.4 is 4.74 Å². The van der Waals surface area contributed by atoms with Crippen LogP contribution in [0.5, 0.6) is 5.75 Å². The lowest BCUT2D eigenvalue weighted by atomic mass is 10.1. The monoisotopic (exact) mass is 266 g/mol. The summed E-state index contributed by atoms with van der Waals surface area (Å²) in [4.78, 5) is 11.3. The first-order chi connectivity index (χ1) is 8.65. The lowest BCUT2D eigenvalue weighted by Crippen LogP contribution is -1.99. The van der Waals surface area contributed by atoms with Gasteiger partial charge in [-0.25, -0.2) is 0 Å². The molecule has 94 valence electrons. The molecule has 5 nitrogen and oxygen atoms in total. The normalized spacial score (nSPS) is 10.4. The van der Waals surface area contributed by atoms with Crippen molar-refractivity contribution in [1.29, 1.82) is 0 Å². The lowest BCUT2D eigenvalue weighted by molar-refractivity contribution is 0.0985. The average molecular weight is 267 g/mol. The molecule has 1 heterocycles. The number of aromatic nitrogens is 2.